The van der Waals surface area contributed by atoms with Gasteiger partial charge in [-0.3, -0.25) is 9.59 Å². The van der Waals surface area contributed by atoms with Crippen molar-refractivity contribution >= 4 is 29.3 Å². The topological polar surface area (TPSA) is 98.1 Å². The summed E-state index contributed by atoms with van der Waals surface area (Å²) in [4.78, 5) is 24.3. The van der Waals surface area contributed by atoms with E-state index in [4.69, 9.17) is 4.74 Å². The Morgan fingerprint density at radius 1 is 1.03 bits per heavy atom. The van der Waals surface area contributed by atoms with Crippen LogP contribution < -0.4 is 15.4 Å². The van der Waals surface area contributed by atoms with Crippen molar-refractivity contribution in [3.05, 3.63) is 66.0 Å². The van der Waals surface area contributed by atoms with Crippen molar-refractivity contribution in [2.75, 3.05) is 17.7 Å². The summed E-state index contributed by atoms with van der Waals surface area (Å²) in [6.45, 7) is 2.79. The van der Waals surface area contributed by atoms with Gasteiger partial charge in [-0.1, -0.05) is 42.1 Å². The molecule has 31 heavy (non-hydrogen) atoms. The molecule has 0 saturated heterocycles. The summed E-state index contributed by atoms with van der Waals surface area (Å²) in [6.07, 6.45) is 0.312. The number of thioether (sulfide) groups is 1. The fraction of sp³-hybridized carbons (Fsp3) is 0.273. The zero-order chi connectivity index (χ0) is 22.1. The molecule has 0 bridgehead atoms. The Morgan fingerprint density at radius 3 is 2.48 bits per heavy atom. The lowest BCUT2D eigenvalue weighted by atomic mass is 10.1. The number of amides is 2. The molecule has 1 heterocycles. The van der Waals surface area contributed by atoms with Gasteiger partial charge in [0.15, 0.2) is 11.0 Å². The minimum absolute atomic E-state index is 0.0851. The molecule has 9 heteroatoms. The third kappa shape index (κ3) is 6.85. The van der Waals surface area contributed by atoms with Gasteiger partial charge >= 0.3 is 0 Å². The first-order valence-electron chi connectivity index (χ1n) is 9.89. The summed E-state index contributed by atoms with van der Waals surface area (Å²) in [5.41, 5.74) is 1.65. The van der Waals surface area contributed by atoms with Crippen LogP contribution in [-0.4, -0.2) is 38.9 Å². The fourth-order valence-electron chi connectivity index (χ4n) is 2.77. The van der Waals surface area contributed by atoms with Crippen molar-refractivity contribution in [3.63, 3.8) is 0 Å². The number of carbonyl (C=O) groups is 2. The average molecular weight is 440 g/mol. The minimum Gasteiger partial charge on any atom is -0.494 e. The lowest BCUT2D eigenvalue weighted by Gasteiger charge is -2.08. The van der Waals surface area contributed by atoms with E-state index in [2.05, 4.69) is 20.8 Å². The SMILES string of the molecule is CCOc1ccc(NC(=O)CSc2nnc(CNC(=O)Cc3ccccc3)n2C)cc1. The van der Waals surface area contributed by atoms with Gasteiger partial charge in [0.1, 0.15) is 5.75 Å². The predicted octanol–water partition coefficient (Wildman–Crippen LogP) is 2.80. The molecule has 0 aliphatic heterocycles. The highest BCUT2D eigenvalue weighted by Gasteiger charge is 2.13. The van der Waals surface area contributed by atoms with Gasteiger partial charge < -0.3 is 19.9 Å². The van der Waals surface area contributed by atoms with Crippen LogP contribution in [0.3, 0.4) is 0 Å². The zero-order valence-electron chi connectivity index (χ0n) is 17.5. The lowest BCUT2D eigenvalue weighted by molar-refractivity contribution is -0.120. The van der Waals surface area contributed by atoms with Crippen LogP contribution in [0.5, 0.6) is 5.75 Å². The smallest absolute Gasteiger partial charge is 0.234 e. The molecule has 2 amide bonds. The third-order valence-electron chi connectivity index (χ3n) is 4.36. The monoisotopic (exact) mass is 439 g/mol. The Morgan fingerprint density at radius 2 is 1.77 bits per heavy atom. The number of nitrogens with one attached hydrogen (secondary N) is 2. The van der Waals surface area contributed by atoms with Gasteiger partial charge in [-0.15, -0.1) is 10.2 Å². The van der Waals surface area contributed by atoms with E-state index in [0.29, 0.717) is 29.7 Å². The first-order valence-corrected chi connectivity index (χ1v) is 10.9. The van der Waals surface area contributed by atoms with E-state index in [-0.39, 0.29) is 24.1 Å². The summed E-state index contributed by atoms with van der Waals surface area (Å²) in [5, 5.41) is 14.5. The number of hydrogen-bond donors (Lipinski definition) is 2. The number of nitrogens with zero attached hydrogens (tertiary/aromatic N) is 3. The van der Waals surface area contributed by atoms with Gasteiger partial charge in [-0.2, -0.15) is 0 Å². The molecule has 162 valence electrons. The fourth-order valence-corrected chi connectivity index (χ4v) is 3.50. The lowest BCUT2D eigenvalue weighted by Crippen LogP contribution is -2.26. The quantitative estimate of drug-likeness (QED) is 0.472. The second-order valence-electron chi connectivity index (χ2n) is 6.69. The number of carbonyl (C=O) groups excluding carboxylic acids is 2. The molecule has 0 unspecified atom stereocenters. The molecule has 0 spiro atoms. The summed E-state index contributed by atoms with van der Waals surface area (Å²) < 4.78 is 7.17. The molecule has 0 aliphatic carbocycles. The summed E-state index contributed by atoms with van der Waals surface area (Å²) in [7, 11) is 1.81. The molecular formula is C22H25N5O3S. The van der Waals surface area contributed by atoms with Gasteiger partial charge in [0.2, 0.25) is 11.8 Å². The Balaban J connectivity index is 1.45. The molecule has 0 atom stereocenters. The normalized spacial score (nSPS) is 10.5. The van der Waals surface area contributed by atoms with Gasteiger partial charge in [0, 0.05) is 12.7 Å². The Kier molecular flexibility index (Phi) is 8.05. The van der Waals surface area contributed by atoms with Crippen LogP contribution in [-0.2, 0) is 29.6 Å². The largest absolute Gasteiger partial charge is 0.494 e. The second kappa shape index (κ2) is 11.2. The molecule has 2 aromatic carbocycles. The van der Waals surface area contributed by atoms with Gasteiger partial charge in [-0.25, -0.2) is 0 Å². The molecule has 0 radical (unpaired) electrons. The second-order valence-corrected chi connectivity index (χ2v) is 7.63. The zero-order valence-corrected chi connectivity index (χ0v) is 18.3. The first kappa shape index (κ1) is 22.4. The van der Waals surface area contributed by atoms with Gasteiger partial charge in [0.25, 0.3) is 0 Å². The van der Waals surface area contributed by atoms with Crippen LogP contribution in [0.1, 0.15) is 18.3 Å². The number of ether oxygens (including phenoxy) is 1. The van der Waals surface area contributed by atoms with Crippen molar-refractivity contribution < 1.29 is 14.3 Å². The van der Waals surface area contributed by atoms with Crippen molar-refractivity contribution in [1.82, 2.24) is 20.1 Å². The highest BCUT2D eigenvalue weighted by atomic mass is 32.2. The van der Waals surface area contributed by atoms with Crippen molar-refractivity contribution in [3.8, 4) is 5.75 Å². The van der Waals surface area contributed by atoms with Crippen LogP contribution >= 0.6 is 11.8 Å². The number of aromatic nitrogens is 3. The maximum Gasteiger partial charge on any atom is 0.234 e. The number of benzene rings is 2. The average Bonchev–Trinajstić information content (AvgIpc) is 3.12. The molecular weight excluding hydrogens is 414 g/mol. The Hall–Kier alpha value is -3.33. The summed E-state index contributed by atoms with van der Waals surface area (Å²) in [6, 6.07) is 16.8. The molecule has 3 rings (SSSR count). The molecule has 1 aromatic heterocycles. The van der Waals surface area contributed by atoms with E-state index in [1.54, 1.807) is 16.7 Å². The van der Waals surface area contributed by atoms with E-state index < -0.39 is 0 Å². The van der Waals surface area contributed by atoms with Crippen LogP contribution in [0.15, 0.2) is 59.8 Å². The highest BCUT2D eigenvalue weighted by Crippen LogP contribution is 2.18. The third-order valence-corrected chi connectivity index (χ3v) is 5.38. The van der Waals surface area contributed by atoms with E-state index >= 15 is 0 Å². The van der Waals surface area contributed by atoms with Gasteiger partial charge in [-0.05, 0) is 36.8 Å². The maximum atomic E-state index is 12.2. The summed E-state index contributed by atoms with van der Waals surface area (Å²) in [5.74, 6) is 1.35. The number of hydrogen-bond acceptors (Lipinski definition) is 6. The highest BCUT2D eigenvalue weighted by molar-refractivity contribution is 7.99. The minimum atomic E-state index is -0.144. The molecule has 0 fully saturated rings. The van der Waals surface area contributed by atoms with E-state index in [9.17, 15) is 9.59 Å². The van der Waals surface area contributed by atoms with Crippen molar-refractivity contribution in [1.29, 1.82) is 0 Å². The van der Waals surface area contributed by atoms with Crippen molar-refractivity contribution in [2.45, 2.75) is 25.0 Å². The molecule has 0 aliphatic rings. The van der Waals surface area contributed by atoms with Crippen LogP contribution in [0.4, 0.5) is 5.69 Å². The van der Waals surface area contributed by atoms with Gasteiger partial charge in [0.05, 0.1) is 25.3 Å². The predicted molar refractivity (Wildman–Crippen MR) is 120 cm³/mol. The number of rotatable bonds is 10. The molecule has 3 aromatic rings. The molecule has 8 nitrogen and oxygen atoms in total. The van der Waals surface area contributed by atoms with E-state index in [0.717, 1.165) is 11.3 Å². The van der Waals surface area contributed by atoms with E-state index in [1.165, 1.54) is 11.8 Å². The standard InChI is InChI=1S/C22H25N5O3S/c1-3-30-18-11-9-17(10-12-18)24-21(29)15-31-22-26-25-19(27(22)2)14-23-20(28)13-16-7-5-4-6-8-16/h4-12H,3,13-15H2,1-2H3,(H,23,28)(H,24,29). The van der Waals surface area contributed by atoms with Crippen molar-refractivity contribution in [2.24, 2.45) is 7.05 Å². The van der Waals surface area contributed by atoms with Crippen LogP contribution in [0.2, 0.25) is 0 Å². The van der Waals surface area contributed by atoms with Crippen LogP contribution in [0, 0.1) is 0 Å². The van der Waals surface area contributed by atoms with E-state index in [1.807, 2.05) is 56.4 Å². The van der Waals surface area contributed by atoms with Crippen LogP contribution in [0.25, 0.3) is 0 Å². The maximum absolute atomic E-state index is 12.2. The first-order chi connectivity index (χ1) is 15.0. The number of anilines is 1. The molecule has 0 saturated carbocycles. The Bertz CT molecular complexity index is 1010. The Labute approximate surface area is 185 Å². The summed E-state index contributed by atoms with van der Waals surface area (Å²) >= 11 is 1.28. The molecule has 2 N–H and O–H groups in total.